The summed E-state index contributed by atoms with van der Waals surface area (Å²) in [7, 11) is 0. The van der Waals surface area contributed by atoms with Crippen LogP contribution < -0.4 is 5.32 Å². The standard InChI is InChI=1S/C17H22N6/c1-13(12-23-7-6-20-14(23)2)8-19-10-16-11-21-22-17(16)15-4-3-5-18-9-15/h3-7,9,11,13,19H,8,10,12H2,1-2H3,(H,21,22). The van der Waals surface area contributed by atoms with Gasteiger partial charge in [-0.15, -0.1) is 0 Å². The zero-order valence-electron chi connectivity index (χ0n) is 13.5. The van der Waals surface area contributed by atoms with E-state index in [0.717, 1.165) is 42.3 Å². The Kier molecular flexibility index (Phi) is 4.83. The lowest BCUT2D eigenvalue weighted by Gasteiger charge is -2.14. The van der Waals surface area contributed by atoms with E-state index in [1.807, 2.05) is 43.8 Å². The molecule has 6 heteroatoms. The molecule has 23 heavy (non-hydrogen) atoms. The van der Waals surface area contributed by atoms with Gasteiger partial charge in [-0.25, -0.2) is 4.98 Å². The number of aryl methyl sites for hydroxylation is 1. The molecule has 0 aliphatic heterocycles. The lowest BCUT2D eigenvalue weighted by molar-refractivity contribution is 0.440. The molecule has 0 aromatic carbocycles. The Morgan fingerprint density at radius 1 is 1.30 bits per heavy atom. The molecule has 1 atom stereocenters. The van der Waals surface area contributed by atoms with Gasteiger partial charge in [0.25, 0.3) is 0 Å². The lowest BCUT2D eigenvalue weighted by atomic mass is 10.1. The van der Waals surface area contributed by atoms with Crippen molar-refractivity contribution in [3.8, 4) is 11.3 Å². The van der Waals surface area contributed by atoms with Crippen LogP contribution in [-0.2, 0) is 13.1 Å². The molecule has 120 valence electrons. The Morgan fingerprint density at radius 3 is 2.96 bits per heavy atom. The van der Waals surface area contributed by atoms with Gasteiger partial charge in [0.15, 0.2) is 0 Å². The normalized spacial score (nSPS) is 12.4. The van der Waals surface area contributed by atoms with E-state index < -0.39 is 0 Å². The minimum absolute atomic E-state index is 0.525. The van der Waals surface area contributed by atoms with Crippen LogP contribution in [0.15, 0.2) is 43.1 Å². The van der Waals surface area contributed by atoms with Crippen LogP contribution in [0.1, 0.15) is 18.3 Å². The molecule has 0 spiro atoms. The predicted molar refractivity (Wildman–Crippen MR) is 89.7 cm³/mol. The third kappa shape index (κ3) is 3.84. The first-order chi connectivity index (χ1) is 11.2. The minimum atomic E-state index is 0.525. The molecule has 0 radical (unpaired) electrons. The highest BCUT2D eigenvalue weighted by Gasteiger charge is 2.09. The van der Waals surface area contributed by atoms with Crippen molar-refractivity contribution in [2.45, 2.75) is 26.9 Å². The minimum Gasteiger partial charge on any atom is -0.335 e. The zero-order chi connectivity index (χ0) is 16.1. The number of aromatic amines is 1. The number of nitrogens with zero attached hydrogens (tertiary/aromatic N) is 4. The number of hydrogen-bond acceptors (Lipinski definition) is 4. The third-order valence-electron chi connectivity index (χ3n) is 3.91. The molecule has 0 aliphatic carbocycles. The van der Waals surface area contributed by atoms with Crippen LogP contribution in [0.4, 0.5) is 0 Å². The quantitative estimate of drug-likeness (QED) is 0.703. The van der Waals surface area contributed by atoms with Crippen LogP contribution in [0.5, 0.6) is 0 Å². The molecule has 3 heterocycles. The topological polar surface area (TPSA) is 71.4 Å². The highest BCUT2D eigenvalue weighted by atomic mass is 15.1. The Balaban J connectivity index is 1.53. The highest BCUT2D eigenvalue weighted by Crippen LogP contribution is 2.19. The molecular formula is C17H22N6. The van der Waals surface area contributed by atoms with Crippen LogP contribution in [0.25, 0.3) is 11.3 Å². The predicted octanol–water partition coefficient (Wildman–Crippen LogP) is 2.40. The summed E-state index contributed by atoms with van der Waals surface area (Å²) in [5.74, 6) is 1.59. The average Bonchev–Trinajstić information content (AvgIpc) is 3.18. The first kappa shape index (κ1) is 15.4. The number of H-pyrrole nitrogens is 1. The fourth-order valence-corrected chi connectivity index (χ4v) is 2.66. The summed E-state index contributed by atoms with van der Waals surface area (Å²) in [6.45, 7) is 6.97. The van der Waals surface area contributed by atoms with Crippen molar-refractivity contribution in [2.75, 3.05) is 6.54 Å². The van der Waals surface area contributed by atoms with Crippen molar-refractivity contribution in [1.29, 1.82) is 0 Å². The molecule has 1 unspecified atom stereocenters. The summed E-state index contributed by atoms with van der Waals surface area (Å²) in [6.07, 6.45) is 9.38. The maximum atomic E-state index is 4.26. The van der Waals surface area contributed by atoms with Crippen LogP contribution in [0.3, 0.4) is 0 Å². The van der Waals surface area contributed by atoms with E-state index in [9.17, 15) is 0 Å². The van der Waals surface area contributed by atoms with E-state index >= 15 is 0 Å². The molecule has 2 N–H and O–H groups in total. The molecule has 0 aliphatic rings. The molecule has 0 saturated carbocycles. The van der Waals surface area contributed by atoms with Crippen molar-refractivity contribution in [3.05, 3.63) is 54.5 Å². The molecule has 3 aromatic heterocycles. The van der Waals surface area contributed by atoms with Gasteiger partial charge in [0, 0.05) is 49.0 Å². The van der Waals surface area contributed by atoms with E-state index in [2.05, 4.69) is 37.0 Å². The number of aromatic nitrogens is 5. The van der Waals surface area contributed by atoms with Gasteiger partial charge in [-0.1, -0.05) is 6.92 Å². The van der Waals surface area contributed by atoms with E-state index in [4.69, 9.17) is 0 Å². The summed E-state index contributed by atoms with van der Waals surface area (Å²) in [5.41, 5.74) is 3.25. The maximum Gasteiger partial charge on any atom is 0.105 e. The van der Waals surface area contributed by atoms with Gasteiger partial charge in [-0.3, -0.25) is 10.1 Å². The van der Waals surface area contributed by atoms with E-state index in [0.29, 0.717) is 5.92 Å². The number of hydrogen-bond donors (Lipinski definition) is 2. The Morgan fingerprint density at radius 2 is 2.22 bits per heavy atom. The summed E-state index contributed by atoms with van der Waals surface area (Å²) in [4.78, 5) is 8.42. The van der Waals surface area contributed by atoms with Crippen LogP contribution in [0.2, 0.25) is 0 Å². The van der Waals surface area contributed by atoms with Gasteiger partial charge in [-0.05, 0) is 31.5 Å². The van der Waals surface area contributed by atoms with E-state index in [1.54, 1.807) is 6.20 Å². The Bertz CT molecular complexity index is 730. The van der Waals surface area contributed by atoms with Crippen molar-refractivity contribution < 1.29 is 0 Å². The van der Waals surface area contributed by atoms with Crippen molar-refractivity contribution >= 4 is 0 Å². The molecule has 0 fully saturated rings. The van der Waals surface area contributed by atoms with Gasteiger partial charge in [-0.2, -0.15) is 5.10 Å². The first-order valence-corrected chi connectivity index (χ1v) is 7.85. The summed E-state index contributed by atoms with van der Waals surface area (Å²) in [6, 6.07) is 3.97. The Labute approximate surface area is 136 Å². The second-order valence-electron chi connectivity index (χ2n) is 5.87. The smallest absolute Gasteiger partial charge is 0.105 e. The molecule has 0 bridgehead atoms. The lowest BCUT2D eigenvalue weighted by Crippen LogP contribution is -2.24. The monoisotopic (exact) mass is 310 g/mol. The number of imidazole rings is 1. The van der Waals surface area contributed by atoms with E-state index in [-0.39, 0.29) is 0 Å². The van der Waals surface area contributed by atoms with Gasteiger partial charge in [0.1, 0.15) is 5.82 Å². The van der Waals surface area contributed by atoms with Crippen molar-refractivity contribution in [1.82, 2.24) is 30.0 Å². The largest absolute Gasteiger partial charge is 0.335 e. The van der Waals surface area contributed by atoms with Crippen LogP contribution in [-0.4, -0.2) is 31.3 Å². The first-order valence-electron chi connectivity index (χ1n) is 7.85. The molecule has 0 amide bonds. The molecule has 3 rings (SSSR count). The van der Waals surface area contributed by atoms with E-state index in [1.165, 1.54) is 0 Å². The zero-order valence-corrected chi connectivity index (χ0v) is 13.5. The molecule has 3 aromatic rings. The van der Waals surface area contributed by atoms with Crippen LogP contribution in [0, 0.1) is 12.8 Å². The molecule has 0 saturated heterocycles. The fraction of sp³-hybridized carbons (Fsp3) is 0.353. The van der Waals surface area contributed by atoms with Gasteiger partial charge < -0.3 is 9.88 Å². The second-order valence-corrected chi connectivity index (χ2v) is 5.87. The van der Waals surface area contributed by atoms with Gasteiger partial charge in [0.05, 0.1) is 11.9 Å². The van der Waals surface area contributed by atoms with Crippen LogP contribution >= 0.6 is 0 Å². The number of pyridine rings is 1. The molecular weight excluding hydrogens is 288 g/mol. The second kappa shape index (κ2) is 7.19. The SMILES string of the molecule is Cc1nccn1CC(C)CNCc1cn[nH]c1-c1cccnc1. The highest BCUT2D eigenvalue weighted by molar-refractivity contribution is 5.61. The summed E-state index contributed by atoms with van der Waals surface area (Å²) in [5, 5.41) is 10.7. The Hall–Kier alpha value is -2.47. The van der Waals surface area contributed by atoms with Crippen molar-refractivity contribution in [2.24, 2.45) is 5.92 Å². The van der Waals surface area contributed by atoms with Gasteiger partial charge >= 0.3 is 0 Å². The summed E-state index contributed by atoms with van der Waals surface area (Å²) >= 11 is 0. The summed E-state index contributed by atoms with van der Waals surface area (Å²) < 4.78 is 2.19. The number of rotatable bonds is 7. The number of nitrogens with one attached hydrogen (secondary N) is 2. The molecule has 6 nitrogen and oxygen atoms in total. The average molecular weight is 310 g/mol. The van der Waals surface area contributed by atoms with Crippen molar-refractivity contribution in [3.63, 3.8) is 0 Å². The van der Waals surface area contributed by atoms with Gasteiger partial charge in [0.2, 0.25) is 0 Å². The maximum absolute atomic E-state index is 4.26. The fourth-order valence-electron chi connectivity index (χ4n) is 2.66. The third-order valence-corrected chi connectivity index (χ3v) is 3.91.